The normalized spacial score (nSPS) is 4.50. The zero-order valence-electron chi connectivity index (χ0n) is 9.00. The first kappa shape index (κ1) is 37.5. The Bertz CT molecular complexity index is 22.8. The van der Waals surface area contributed by atoms with Crippen molar-refractivity contribution in [1.29, 1.82) is 0 Å². The Morgan fingerprint density at radius 3 is 0.417 bits per heavy atom. The van der Waals surface area contributed by atoms with Gasteiger partial charge in [0.1, 0.15) is 0 Å². The Morgan fingerprint density at radius 2 is 0.417 bits per heavy atom. The van der Waals surface area contributed by atoms with Gasteiger partial charge in [0, 0.05) is 0 Å². The minimum absolute atomic E-state index is 0. The van der Waals surface area contributed by atoms with E-state index in [9.17, 15) is 0 Å². The quantitative estimate of drug-likeness (QED) is 0.538. The number of hydrogen-bond acceptors (Lipinski definition) is 0. The molecule has 3 nitrogen and oxygen atoms in total. The van der Waals surface area contributed by atoms with Crippen LogP contribution < -0.4 is 0 Å². The summed E-state index contributed by atoms with van der Waals surface area (Å²) in [5, 5.41) is 0. The van der Waals surface area contributed by atoms with Gasteiger partial charge in [0.05, 0.1) is 0 Å². The van der Waals surface area contributed by atoms with E-state index in [1.54, 1.807) is 0 Å². The predicted molar refractivity (Wildman–Crippen MR) is 63.3 cm³/mol. The van der Waals surface area contributed by atoms with Crippen molar-refractivity contribution >= 4 is 46.3 Å². The molecule has 0 atom stereocenters. The molecule has 0 saturated heterocycles. The summed E-state index contributed by atoms with van der Waals surface area (Å²) in [6.07, 6.45) is 0. The minimum atomic E-state index is 0. The zero-order chi connectivity index (χ0) is 8.12. The fourth-order valence-corrected chi connectivity index (χ4v) is 0. The monoisotopic (exact) mass is 366 g/mol. The van der Waals surface area contributed by atoms with Crippen LogP contribution in [0.4, 0.5) is 0 Å². The summed E-state index contributed by atoms with van der Waals surface area (Å²) < 4.78 is 0. The van der Waals surface area contributed by atoms with E-state index in [1.807, 2.05) is 0 Å². The molecule has 0 fully saturated rings. The van der Waals surface area contributed by atoms with Gasteiger partial charge in [0.15, 0.2) is 0 Å². The molecule has 12 heavy (non-hydrogen) atoms. The van der Waals surface area contributed by atoms with Crippen molar-refractivity contribution < 1.29 is 16.4 Å². The molecule has 0 aromatic heterocycles. The average molecular weight is 362 g/mol. The molecule has 0 aromatic carbocycles. The van der Waals surface area contributed by atoms with Crippen LogP contribution in [0.15, 0.2) is 0 Å². The molecule has 0 heterocycles. The molecule has 0 spiro atoms. The molecular formula is C6H24Ge3O3. The van der Waals surface area contributed by atoms with Gasteiger partial charge in [0.2, 0.25) is 0 Å². The Hall–Kier alpha value is 1.51. The summed E-state index contributed by atoms with van der Waals surface area (Å²) in [5.74, 6) is 13.5. The van der Waals surface area contributed by atoms with Gasteiger partial charge in [0.25, 0.3) is 0 Å². The van der Waals surface area contributed by atoms with Gasteiger partial charge in [-0.25, -0.2) is 0 Å². The van der Waals surface area contributed by atoms with Gasteiger partial charge in [-0.2, -0.15) is 0 Å². The molecule has 78 valence electrons. The molecule has 0 aliphatic heterocycles. The Kier molecular flexibility index (Phi) is 255. The summed E-state index contributed by atoms with van der Waals surface area (Å²) in [4.78, 5) is 0. The Balaban J connectivity index is -0.00000001000. The summed E-state index contributed by atoms with van der Waals surface area (Å²) in [6.45, 7) is 0. The van der Waals surface area contributed by atoms with Gasteiger partial charge in [-0.15, -0.1) is 0 Å². The molecule has 6 heteroatoms. The van der Waals surface area contributed by atoms with E-state index in [2.05, 4.69) is 34.5 Å². The molecule has 0 amide bonds. The summed E-state index contributed by atoms with van der Waals surface area (Å²) in [5.41, 5.74) is 0. The fraction of sp³-hybridized carbons (Fsp3) is 1.00. The second-order valence-corrected chi connectivity index (χ2v) is 7.79. The van der Waals surface area contributed by atoms with Crippen molar-refractivity contribution in [2.75, 3.05) is 0 Å². The van der Waals surface area contributed by atoms with E-state index in [0.717, 1.165) is 0 Å². The van der Waals surface area contributed by atoms with Gasteiger partial charge in [-0.3, -0.25) is 0 Å². The molecule has 0 bridgehead atoms. The molecule has 6 N–H and O–H groups in total. The van der Waals surface area contributed by atoms with E-state index in [0.29, 0.717) is 46.3 Å². The topological polar surface area (TPSA) is 94.5 Å². The molecule has 0 saturated carbocycles. The van der Waals surface area contributed by atoms with Crippen molar-refractivity contribution in [3.05, 3.63) is 0 Å². The van der Waals surface area contributed by atoms with Crippen molar-refractivity contribution in [1.82, 2.24) is 0 Å². The SMILES string of the molecule is O.O.O.[CH3][Ge][CH3].[CH3][Ge][CH3].[CH3][Ge][CH3]. The van der Waals surface area contributed by atoms with Crippen molar-refractivity contribution in [2.45, 2.75) is 34.5 Å². The van der Waals surface area contributed by atoms with Crippen LogP contribution in [0.25, 0.3) is 0 Å². The molecular weight excluding hydrogens is 338 g/mol. The van der Waals surface area contributed by atoms with Gasteiger partial charge in [-0.05, 0) is 0 Å². The second-order valence-electron chi connectivity index (χ2n) is 1.50. The standard InChI is InChI=1S/3C2H6Ge.3H2O/c3*1-3-2;;;/h3*1-2H3;3*1H2. The third kappa shape index (κ3) is 558. The number of rotatable bonds is 0. The zero-order valence-corrected chi connectivity index (χ0v) is 15.3. The molecule has 0 aromatic rings. The second kappa shape index (κ2) is 81.5. The van der Waals surface area contributed by atoms with Crippen LogP contribution >= 0.6 is 0 Å². The van der Waals surface area contributed by atoms with Crippen LogP contribution in [0, 0.1) is 0 Å². The molecule has 0 unspecified atom stereocenters. The van der Waals surface area contributed by atoms with Crippen LogP contribution in [0.1, 0.15) is 0 Å². The van der Waals surface area contributed by atoms with E-state index in [-0.39, 0.29) is 16.4 Å². The molecule has 0 aliphatic carbocycles. The van der Waals surface area contributed by atoms with Crippen LogP contribution in [0.2, 0.25) is 34.5 Å². The molecule has 0 aliphatic rings. The third-order valence-corrected chi connectivity index (χ3v) is 0. The maximum atomic E-state index is 2.25. The van der Waals surface area contributed by atoms with Crippen molar-refractivity contribution in [3.8, 4) is 0 Å². The van der Waals surface area contributed by atoms with E-state index in [1.165, 1.54) is 0 Å². The maximum absolute atomic E-state index is 2.25. The average Bonchev–Trinajstić information content (AvgIpc) is 1.70. The summed E-state index contributed by atoms with van der Waals surface area (Å²) in [6, 6.07) is 0. The van der Waals surface area contributed by atoms with Crippen molar-refractivity contribution in [2.24, 2.45) is 0 Å². The first-order valence-corrected chi connectivity index (χ1v) is 15.6. The Morgan fingerprint density at radius 1 is 0.417 bits per heavy atom. The van der Waals surface area contributed by atoms with Crippen LogP contribution in [0.3, 0.4) is 0 Å². The molecule has 6 radical (unpaired) electrons. The number of hydrogen-bond donors (Lipinski definition) is 0. The van der Waals surface area contributed by atoms with Crippen LogP contribution in [-0.2, 0) is 0 Å². The third-order valence-electron chi connectivity index (χ3n) is 0. The van der Waals surface area contributed by atoms with Crippen molar-refractivity contribution in [3.63, 3.8) is 0 Å². The van der Waals surface area contributed by atoms with Crippen LogP contribution in [0.5, 0.6) is 0 Å². The Labute approximate surface area is 96.8 Å². The summed E-state index contributed by atoms with van der Waals surface area (Å²) in [7, 11) is 0. The summed E-state index contributed by atoms with van der Waals surface area (Å²) >= 11 is 1.50. The first-order valence-electron chi connectivity index (χ1n) is 3.00. The van der Waals surface area contributed by atoms with Gasteiger partial charge < -0.3 is 16.4 Å². The van der Waals surface area contributed by atoms with E-state index < -0.39 is 0 Å². The van der Waals surface area contributed by atoms with Gasteiger partial charge in [-0.1, -0.05) is 0 Å². The molecule has 0 rings (SSSR count). The van der Waals surface area contributed by atoms with E-state index >= 15 is 0 Å². The van der Waals surface area contributed by atoms with Gasteiger partial charge >= 0.3 is 80.8 Å². The van der Waals surface area contributed by atoms with E-state index in [4.69, 9.17) is 0 Å². The fourth-order valence-electron chi connectivity index (χ4n) is 0. The van der Waals surface area contributed by atoms with Crippen LogP contribution in [-0.4, -0.2) is 62.7 Å². The first-order chi connectivity index (χ1) is 4.24. The predicted octanol–water partition coefficient (Wildman–Crippen LogP) is -0.114.